The standard InChI is InChI=1S/C20H34N4O2.HI/c1-5-26-19(25)12-9-14-22-20(21-3)23-15-13-17(2)24(4)16-18-10-7-6-8-11-18;/h6-8,10-11,17H,5,9,12-16H2,1-4H3,(H2,21,22,23);1H. The minimum Gasteiger partial charge on any atom is -0.466 e. The second-order valence-electron chi connectivity index (χ2n) is 6.37. The fourth-order valence-electron chi connectivity index (χ4n) is 2.54. The van der Waals surface area contributed by atoms with Crippen LogP contribution in [0.5, 0.6) is 0 Å². The number of nitrogens with zero attached hydrogens (tertiary/aromatic N) is 2. The van der Waals surface area contributed by atoms with Crippen molar-refractivity contribution in [3.63, 3.8) is 0 Å². The lowest BCUT2D eigenvalue weighted by molar-refractivity contribution is -0.143. The van der Waals surface area contributed by atoms with Crippen LogP contribution in [0.25, 0.3) is 0 Å². The van der Waals surface area contributed by atoms with Gasteiger partial charge in [-0.05, 0) is 39.3 Å². The normalized spacial score (nSPS) is 12.3. The molecular weight excluding hydrogens is 455 g/mol. The van der Waals surface area contributed by atoms with Gasteiger partial charge in [0.1, 0.15) is 0 Å². The number of benzene rings is 1. The Morgan fingerprint density at radius 1 is 1.22 bits per heavy atom. The van der Waals surface area contributed by atoms with Gasteiger partial charge in [0.05, 0.1) is 6.61 Å². The predicted octanol–water partition coefficient (Wildman–Crippen LogP) is 3.02. The number of guanidine groups is 1. The molecule has 0 spiro atoms. The molecule has 27 heavy (non-hydrogen) atoms. The van der Waals surface area contributed by atoms with Crippen LogP contribution in [0.1, 0.15) is 38.7 Å². The van der Waals surface area contributed by atoms with Crippen molar-refractivity contribution >= 4 is 35.9 Å². The Balaban J connectivity index is 0.00000676. The summed E-state index contributed by atoms with van der Waals surface area (Å²) in [4.78, 5) is 17.9. The summed E-state index contributed by atoms with van der Waals surface area (Å²) in [5.74, 6) is 0.624. The summed E-state index contributed by atoms with van der Waals surface area (Å²) in [5.41, 5.74) is 1.33. The lowest BCUT2D eigenvalue weighted by Crippen LogP contribution is -2.40. The van der Waals surface area contributed by atoms with Crippen LogP contribution in [0.2, 0.25) is 0 Å². The number of rotatable bonds is 11. The van der Waals surface area contributed by atoms with Crippen LogP contribution in [0.15, 0.2) is 35.3 Å². The molecule has 0 saturated carbocycles. The molecule has 0 heterocycles. The number of hydrogen-bond donors (Lipinski definition) is 2. The second-order valence-corrected chi connectivity index (χ2v) is 6.37. The minimum atomic E-state index is -0.146. The molecule has 1 aromatic carbocycles. The van der Waals surface area contributed by atoms with Crippen LogP contribution >= 0.6 is 24.0 Å². The third kappa shape index (κ3) is 11.9. The average Bonchev–Trinajstić information content (AvgIpc) is 2.64. The SMILES string of the molecule is CCOC(=O)CCCNC(=NC)NCCC(C)N(C)Cc1ccccc1.I. The summed E-state index contributed by atoms with van der Waals surface area (Å²) in [5, 5.41) is 6.56. The number of aliphatic imine (C=N–C) groups is 1. The molecule has 0 fully saturated rings. The number of carbonyl (C=O) groups excluding carboxylic acids is 1. The number of hydrogen-bond acceptors (Lipinski definition) is 4. The number of esters is 1. The van der Waals surface area contributed by atoms with E-state index in [0.717, 1.165) is 31.9 Å². The Morgan fingerprint density at radius 3 is 2.52 bits per heavy atom. The van der Waals surface area contributed by atoms with Crippen LogP contribution in [-0.2, 0) is 16.1 Å². The summed E-state index contributed by atoms with van der Waals surface area (Å²) in [7, 11) is 3.91. The Bertz CT molecular complexity index is 540. The van der Waals surface area contributed by atoms with Crippen molar-refractivity contribution in [2.24, 2.45) is 4.99 Å². The summed E-state index contributed by atoms with van der Waals surface area (Å²) in [6, 6.07) is 11.0. The molecule has 0 radical (unpaired) electrons. The van der Waals surface area contributed by atoms with Crippen LogP contribution < -0.4 is 10.6 Å². The fourth-order valence-corrected chi connectivity index (χ4v) is 2.54. The summed E-state index contributed by atoms with van der Waals surface area (Å²) in [6.45, 7) is 6.98. The molecule has 0 saturated heterocycles. The highest BCUT2D eigenvalue weighted by atomic mass is 127. The van der Waals surface area contributed by atoms with Gasteiger partial charge in [-0.3, -0.25) is 14.7 Å². The average molecular weight is 490 g/mol. The number of halogens is 1. The first-order valence-corrected chi connectivity index (χ1v) is 9.41. The molecule has 7 heteroatoms. The summed E-state index contributed by atoms with van der Waals surface area (Å²) < 4.78 is 4.91. The van der Waals surface area contributed by atoms with Gasteiger partial charge >= 0.3 is 5.97 Å². The highest BCUT2D eigenvalue weighted by Gasteiger charge is 2.10. The highest BCUT2D eigenvalue weighted by Crippen LogP contribution is 2.07. The van der Waals surface area contributed by atoms with Gasteiger partial charge in [-0.2, -0.15) is 0 Å². The van der Waals surface area contributed by atoms with Gasteiger partial charge in [-0.25, -0.2) is 0 Å². The first kappa shape index (κ1) is 25.6. The molecule has 0 aromatic heterocycles. The van der Waals surface area contributed by atoms with Crippen molar-refractivity contribution in [2.45, 2.75) is 45.7 Å². The molecule has 6 nitrogen and oxygen atoms in total. The molecule has 1 aromatic rings. The molecule has 1 rings (SSSR count). The maximum absolute atomic E-state index is 11.3. The number of carbonyl (C=O) groups is 1. The van der Waals surface area contributed by atoms with Gasteiger partial charge in [-0.1, -0.05) is 30.3 Å². The Hall–Kier alpha value is -1.35. The predicted molar refractivity (Wildman–Crippen MR) is 123 cm³/mol. The maximum atomic E-state index is 11.3. The topological polar surface area (TPSA) is 66.0 Å². The quantitative estimate of drug-likeness (QED) is 0.164. The van der Waals surface area contributed by atoms with E-state index >= 15 is 0 Å². The Morgan fingerprint density at radius 2 is 1.89 bits per heavy atom. The third-order valence-electron chi connectivity index (χ3n) is 4.26. The molecule has 0 aliphatic carbocycles. The molecule has 0 bridgehead atoms. The van der Waals surface area contributed by atoms with Crippen molar-refractivity contribution in [1.82, 2.24) is 15.5 Å². The molecule has 154 valence electrons. The van der Waals surface area contributed by atoms with Gasteiger partial charge in [0.2, 0.25) is 0 Å². The lowest BCUT2D eigenvalue weighted by Gasteiger charge is -2.25. The van der Waals surface area contributed by atoms with E-state index in [1.807, 2.05) is 13.0 Å². The number of ether oxygens (including phenoxy) is 1. The monoisotopic (exact) mass is 490 g/mol. The number of nitrogens with one attached hydrogen (secondary N) is 2. The van der Waals surface area contributed by atoms with Crippen molar-refractivity contribution in [1.29, 1.82) is 0 Å². The zero-order valence-electron chi connectivity index (χ0n) is 17.0. The largest absolute Gasteiger partial charge is 0.466 e. The smallest absolute Gasteiger partial charge is 0.305 e. The van der Waals surface area contributed by atoms with Crippen LogP contribution in [0, 0.1) is 0 Å². The molecular formula is C20H35IN4O2. The van der Waals surface area contributed by atoms with Crippen LogP contribution in [-0.4, -0.2) is 56.7 Å². The molecule has 2 N–H and O–H groups in total. The van der Waals surface area contributed by atoms with Gasteiger partial charge in [0.15, 0.2) is 5.96 Å². The van der Waals surface area contributed by atoms with Crippen molar-refractivity contribution in [3.8, 4) is 0 Å². The molecule has 0 aliphatic rings. The van der Waals surface area contributed by atoms with E-state index in [0.29, 0.717) is 25.6 Å². The lowest BCUT2D eigenvalue weighted by atomic mass is 10.1. The molecule has 0 aliphatic heterocycles. The van der Waals surface area contributed by atoms with E-state index in [1.54, 1.807) is 7.05 Å². The van der Waals surface area contributed by atoms with Crippen LogP contribution in [0.4, 0.5) is 0 Å². The van der Waals surface area contributed by atoms with Crippen molar-refractivity contribution in [3.05, 3.63) is 35.9 Å². The van der Waals surface area contributed by atoms with Crippen LogP contribution in [0.3, 0.4) is 0 Å². The van der Waals surface area contributed by atoms with E-state index in [2.05, 4.69) is 58.8 Å². The van der Waals surface area contributed by atoms with E-state index in [-0.39, 0.29) is 29.9 Å². The summed E-state index contributed by atoms with van der Waals surface area (Å²) in [6.07, 6.45) is 2.18. The minimum absolute atomic E-state index is 0. The molecule has 0 amide bonds. The third-order valence-corrected chi connectivity index (χ3v) is 4.26. The zero-order valence-corrected chi connectivity index (χ0v) is 19.4. The first-order valence-electron chi connectivity index (χ1n) is 9.41. The fraction of sp³-hybridized carbons (Fsp3) is 0.600. The van der Waals surface area contributed by atoms with E-state index in [4.69, 9.17) is 4.74 Å². The van der Waals surface area contributed by atoms with Gasteiger partial charge in [0.25, 0.3) is 0 Å². The summed E-state index contributed by atoms with van der Waals surface area (Å²) >= 11 is 0. The van der Waals surface area contributed by atoms with E-state index < -0.39 is 0 Å². The maximum Gasteiger partial charge on any atom is 0.305 e. The molecule has 1 unspecified atom stereocenters. The Labute approximate surface area is 181 Å². The van der Waals surface area contributed by atoms with Crippen molar-refractivity contribution in [2.75, 3.05) is 33.8 Å². The molecule has 1 atom stereocenters. The first-order chi connectivity index (χ1) is 12.6. The van der Waals surface area contributed by atoms with Gasteiger partial charge in [-0.15, -0.1) is 24.0 Å². The van der Waals surface area contributed by atoms with Gasteiger partial charge in [0, 0.05) is 39.1 Å². The van der Waals surface area contributed by atoms with Gasteiger partial charge < -0.3 is 15.4 Å². The Kier molecular flexibility index (Phi) is 14.9. The second kappa shape index (κ2) is 15.7. The van der Waals surface area contributed by atoms with E-state index in [1.165, 1.54) is 5.56 Å². The van der Waals surface area contributed by atoms with Crippen molar-refractivity contribution < 1.29 is 9.53 Å². The van der Waals surface area contributed by atoms with E-state index in [9.17, 15) is 4.79 Å². The zero-order chi connectivity index (χ0) is 19.2. The highest BCUT2D eigenvalue weighted by molar-refractivity contribution is 14.0.